The maximum absolute atomic E-state index is 11.2. The number of nitrogens with two attached hydrogens (primary N) is 1. The van der Waals surface area contributed by atoms with Crippen LogP contribution in [0.25, 0.3) is 0 Å². The molecule has 0 saturated carbocycles. The molecule has 148 valence electrons. The molecule has 3 rings (SSSR count). The molecule has 0 spiro atoms. The van der Waals surface area contributed by atoms with Crippen molar-refractivity contribution in [1.82, 2.24) is 19.8 Å². The predicted molar refractivity (Wildman–Crippen MR) is 93.5 cm³/mol. The number of amides is 1. The number of amidine groups is 1. The smallest absolute Gasteiger partial charge is 0.378 e. The van der Waals surface area contributed by atoms with Gasteiger partial charge < -0.3 is 15.2 Å². The molecule has 11 nitrogen and oxygen atoms in total. The van der Waals surface area contributed by atoms with Crippen molar-refractivity contribution in [2.45, 2.75) is 46.1 Å². The minimum absolute atomic E-state index is 0.114. The van der Waals surface area contributed by atoms with Gasteiger partial charge in [0.15, 0.2) is 0 Å². The fourth-order valence-electron chi connectivity index (χ4n) is 2.52. The summed E-state index contributed by atoms with van der Waals surface area (Å²) in [4.78, 5) is 37.4. The van der Waals surface area contributed by atoms with Crippen molar-refractivity contribution < 1.29 is 23.9 Å². The second-order valence-electron chi connectivity index (χ2n) is 5.72. The predicted octanol–water partition coefficient (Wildman–Crippen LogP) is -0.155. The van der Waals surface area contributed by atoms with Crippen molar-refractivity contribution in [3.8, 4) is 0 Å². The number of nitrogens with zero attached hydrogens (tertiary/aromatic N) is 5. The Morgan fingerprint density at radius 1 is 1.15 bits per heavy atom. The molecule has 1 aromatic heterocycles. The largest absolute Gasteiger partial charge is 0.460 e. The molecule has 0 radical (unpaired) electrons. The summed E-state index contributed by atoms with van der Waals surface area (Å²) in [6.07, 6.45) is 3.18. The summed E-state index contributed by atoms with van der Waals surface area (Å²) >= 11 is 0. The summed E-state index contributed by atoms with van der Waals surface area (Å²) in [5.74, 6) is -0.421. The van der Waals surface area contributed by atoms with Crippen LogP contribution in [0.3, 0.4) is 0 Å². The highest BCUT2D eigenvalue weighted by atomic mass is 16.5. The van der Waals surface area contributed by atoms with Crippen molar-refractivity contribution in [1.29, 1.82) is 0 Å². The third-order valence-electron chi connectivity index (χ3n) is 3.74. The van der Waals surface area contributed by atoms with Crippen molar-refractivity contribution in [2.24, 2.45) is 10.8 Å². The molecule has 1 amide bonds. The number of hydrazone groups is 1. The summed E-state index contributed by atoms with van der Waals surface area (Å²) in [6, 6.07) is 0. The Hall–Kier alpha value is -2.98. The highest BCUT2D eigenvalue weighted by Crippen LogP contribution is 2.11. The fraction of sp³-hybridized carbons (Fsp3) is 0.625. The summed E-state index contributed by atoms with van der Waals surface area (Å²) < 4.78 is 11.2. The number of aryl methyl sites for hydroxylation is 2. The molecule has 0 bridgehead atoms. The quantitative estimate of drug-likeness (QED) is 0.431. The first-order valence-corrected chi connectivity index (χ1v) is 8.88. The normalized spacial score (nSPS) is 15.9. The molecule has 0 aromatic carbocycles. The highest BCUT2D eigenvalue weighted by molar-refractivity contribution is 6.34. The molecule has 2 N–H and O–H groups in total. The third kappa shape index (κ3) is 5.50. The molecule has 27 heavy (non-hydrogen) atoms. The van der Waals surface area contributed by atoms with Crippen LogP contribution >= 0.6 is 0 Å². The molecule has 2 aliphatic heterocycles. The van der Waals surface area contributed by atoms with Crippen LogP contribution in [0.1, 0.15) is 49.6 Å². The topological polar surface area (TPSA) is 142 Å². The second kappa shape index (κ2) is 9.64. The van der Waals surface area contributed by atoms with Crippen LogP contribution in [-0.4, -0.2) is 63.2 Å². The van der Waals surface area contributed by atoms with Gasteiger partial charge >= 0.3 is 11.9 Å². The van der Waals surface area contributed by atoms with E-state index in [4.69, 9.17) is 10.5 Å². The number of rotatable bonds is 4. The Kier molecular flexibility index (Phi) is 7.26. The zero-order chi connectivity index (χ0) is 19.8. The van der Waals surface area contributed by atoms with E-state index in [1.807, 2.05) is 0 Å². The number of ether oxygens (including phenoxy) is 2. The molecule has 1 saturated heterocycles. The van der Waals surface area contributed by atoms with Crippen LogP contribution < -0.4 is 5.73 Å². The zero-order valence-corrected chi connectivity index (χ0v) is 15.5. The molecule has 0 unspecified atom stereocenters. The average Bonchev–Trinajstić information content (AvgIpc) is 3.33. The number of esters is 2. The molecular formula is C16H24N6O5. The fourth-order valence-corrected chi connectivity index (χ4v) is 2.52. The third-order valence-corrected chi connectivity index (χ3v) is 3.74. The first kappa shape index (κ1) is 20.3. The van der Waals surface area contributed by atoms with Crippen LogP contribution in [0.4, 0.5) is 0 Å². The molecular weight excluding hydrogens is 356 g/mol. The Bertz CT molecular complexity index is 707. The van der Waals surface area contributed by atoms with E-state index in [0.717, 1.165) is 31.6 Å². The lowest BCUT2D eigenvalue weighted by Crippen LogP contribution is -2.31. The van der Waals surface area contributed by atoms with Gasteiger partial charge in [0.05, 0.1) is 13.2 Å². The number of hydrogen-bond acceptors (Lipinski definition) is 8. The zero-order valence-electron chi connectivity index (χ0n) is 15.5. The van der Waals surface area contributed by atoms with Gasteiger partial charge in [-0.25, -0.2) is 24.3 Å². The standard InChI is InChI=1S/C8H13N3O3.C8H11N3O2/c1-2-14-8(13)7(9)10-11-5-3-4-6(11)12;1-2-13-8(12)7-9-6-4-3-5-11(6)10-7/h2-5H2,1H3,(H2,9,10);2-5H2,1H3. The van der Waals surface area contributed by atoms with Crippen molar-refractivity contribution in [3.05, 3.63) is 11.6 Å². The summed E-state index contributed by atoms with van der Waals surface area (Å²) in [5.41, 5.74) is 5.33. The van der Waals surface area contributed by atoms with Gasteiger partial charge in [-0.2, -0.15) is 0 Å². The van der Waals surface area contributed by atoms with E-state index >= 15 is 0 Å². The van der Waals surface area contributed by atoms with Gasteiger partial charge in [0.2, 0.25) is 11.7 Å². The summed E-state index contributed by atoms with van der Waals surface area (Å²) in [7, 11) is 0. The molecule has 1 fully saturated rings. The van der Waals surface area contributed by atoms with E-state index in [1.165, 1.54) is 5.01 Å². The van der Waals surface area contributed by atoms with Gasteiger partial charge in [0, 0.05) is 25.9 Å². The number of fused-ring (bicyclic) bond motifs is 1. The van der Waals surface area contributed by atoms with E-state index < -0.39 is 11.9 Å². The first-order valence-electron chi connectivity index (χ1n) is 8.88. The van der Waals surface area contributed by atoms with Crippen LogP contribution in [-0.2, 0) is 32.0 Å². The molecule has 0 aliphatic carbocycles. The van der Waals surface area contributed by atoms with E-state index in [1.54, 1.807) is 18.5 Å². The van der Waals surface area contributed by atoms with Crippen LogP contribution in [0, 0.1) is 0 Å². The van der Waals surface area contributed by atoms with Gasteiger partial charge in [0.1, 0.15) is 5.82 Å². The molecule has 1 aromatic rings. The van der Waals surface area contributed by atoms with E-state index in [2.05, 4.69) is 19.9 Å². The monoisotopic (exact) mass is 380 g/mol. The van der Waals surface area contributed by atoms with Crippen molar-refractivity contribution in [3.63, 3.8) is 0 Å². The van der Waals surface area contributed by atoms with E-state index in [-0.39, 0.29) is 24.2 Å². The SMILES string of the molecule is CCOC(=O)C(N)=NN1CCCC1=O.CCOC(=O)c1nc2n(n1)CCC2. The Morgan fingerprint density at radius 3 is 2.44 bits per heavy atom. The number of hydrogen-bond donors (Lipinski definition) is 1. The van der Waals surface area contributed by atoms with Crippen LogP contribution in [0.5, 0.6) is 0 Å². The van der Waals surface area contributed by atoms with E-state index in [9.17, 15) is 14.4 Å². The van der Waals surface area contributed by atoms with Crippen molar-refractivity contribution >= 4 is 23.7 Å². The van der Waals surface area contributed by atoms with Gasteiger partial charge in [-0.1, -0.05) is 0 Å². The highest BCUT2D eigenvalue weighted by Gasteiger charge is 2.22. The van der Waals surface area contributed by atoms with Gasteiger partial charge in [-0.15, -0.1) is 10.2 Å². The van der Waals surface area contributed by atoms with Crippen molar-refractivity contribution in [2.75, 3.05) is 19.8 Å². The summed E-state index contributed by atoms with van der Waals surface area (Å²) in [6.45, 7) is 5.42. The number of aromatic nitrogens is 3. The Balaban J connectivity index is 0.000000194. The maximum Gasteiger partial charge on any atom is 0.378 e. The van der Waals surface area contributed by atoms with Crippen LogP contribution in [0.2, 0.25) is 0 Å². The second-order valence-corrected chi connectivity index (χ2v) is 5.72. The minimum atomic E-state index is -0.688. The van der Waals surface area contributed by atoms with Gasteiger partial charge in [0.25, 0.3) is 5.82 Å². The Labute approximate surface area is 156 Å². The molecule has 3 heterocycles. The Morgan fingerprint density at radius 2 is 1.85 bits per heavy atom. The molecule has 11 heteroatoms. The minimum Gasteiger partial charge on any atom is -0.460 e. The summed E-state index contributed by atoms with van der Waals surface area (Å²) in [5, 5.41) is 8.92. The van der Waals surface area contributed by atoms with E-state index in [0.29, 0.717) is 19.6 Å². The van der Waals surface area contributed by atoms with Gasteiger partial charge in [-0.05, 0) is 26.7 Å². The average molecular weight is 380 g/mol. The van der Waals surface area contributed by atoms with Gasteiger partial charge in [-0.3, -0.25) is 4.79 Å². The first-order chi connectivity index (χ1) is 13.0. The molecule has 2 aliphatic rings. The number of carbonyl (C=O) groups is 3. The maximum atomic E-state index is 11.2. The lowest BCUT2D eigenvalue weighted by Gasteiger charge is -2.08. The lowest BCUT2D eigenvalue weighted by atomic mass is 10.4. The molecule has 0 atom stereocenters. The number of carbonyl (C=O) groups excluding carboxylic acids is 3. The lowest BCUT2D eigenvalue weighted by molar-refractivity contribution is -0.135. The van der Waals surface area contributed by atoms with Crippen LogP contribution in [0.15, 0.2) is 5.10 Å².